The fraction of sp³-hybridized carbons (Fsp3) is 0.500. The molecule has 1 rings (SSSR count). The Balaban J connectivity index is 3.15. The van der Waals surface area contributed by atoms with Crippen LogP contribution in [-0.2, 0) is 6.42 Å². The minimum absolute atomic E-state index is 0.00784. The molecule has 0 aromatic heterocycles. The van der Waals surface area contributed by atoms with Gasteiger partial charge in [-0.25, -0.2) is 4.39 Å². The van der Waals surface area contributed by atoms with Gasteiger partial charge in [0.2, 0.25) is 0 Å². The van der Waals surface area contributed by atoms with Crippen LogP contribution in [0.15, 0.2) is 12.1 Å². The average Bonchev–Trinajstić information content (AvgIpc) is 2.21. The third-order valence-corrected chi connectivity index (χ3v) is 3.02. The molecule has 1 atom stereocenters. The van der Waals surface area contributed by atoms with Gasteiger partial charge in [-0.05, 0) is 11.5 Å². The van der Waals surface area contributed by atoms with Crippen molar-refractivity contribution in [3.63, 3.8) is 0 Å². The molecule has 0 aliphatic heterocycles. The van der Waals surface area contributed by atoms with Gasteiger partial charge in [0.05, 0.1) is 16.0 Å². The van der Waals surface area contributed by atoms with Crippen molar-refractivity contribution in [3.05, 3.63) is 38.7 Å². The van der Waals surface area contributed by atoms with E-state index in [0.29, 0.717) is 0 Å². The number of nitrogens with zero attached hydrogens (tertiary/aromatic N) is 1. The summed E-state index contributed by atoms with van der Waals surface area (Å²) < 4.78 is 13.3. The Morgan fingerprint density at radius 3 is 2.50 bits per heavy atom. The zero-order valence-corrected chi connectivity index (χ0v) is 11.2. The molecule has 100 valence electrons. The lowest BCUT2D eigenvalue weighted by Crippen LogP contribution is -2.28. The van der Waals surface area contributed by atoms with E-state index in [0.717, 1.165) is 12.1 Å². The number of nitro groups is 1. The zero-order chi connectivity index (χ0) is 14.1. The molecule has 1 aromatic carbocycles. The molecule has 18 heavy (non-hydrogen) atoms. The fourth-order valence-corrected chi connectivity index (χ4v) is 1.58. The van der Waals surface area contributed by atoms with Gasteiger partial charge in [0.15, 0.2) is 0 Å². The van der Waals surface area contributed by atoms with Gasteiger partial charge in [-0.15, -0.1) is 0 Å². The molecule has 0 spiro atoms. The standard InChI is InChI=1S/C12H15ClFNO3/c1-12(2,3)11(16)5-7-4-9(14)8(13)6-10(7)15(17)18/h4,6,11,16H,5H2,1-3H3. The minimum atomic E-state index is -0.809. The predicted molar refractivity (Wildman–Crippen MR) is 67.2 cm³/mol. The van der Waals surface area contributed by atoms with E-state index in [1.54, 1.807) is 20.8 Å². The van der Waals surface area contributed by atoms with E-state index >= 15 is 0 Å². The van der Waals surface area contributed by atoms with Crippen molar-refractivity contribution < 1.29 is 14.4 Å². The lowest BCUT2D eigenvalue weighted by molar-refractivity contribution is -0.385. The van der Waals surface area contributed by atoms with Gasteiger partial charge >= 0.3 is 0 Å². The Kier molecular flexibility index (Phi) is 4.29. The molecule has 0 radical (unpaired) electrons. The summed E-state index contributed by atoms with van der Waals surface area (Å²) in [6.07, 6.45) is -0.801. The van der Waals surface area contributed by atoms with Crippen molar-refractivity contribution >= 4 is 17.3 Å². The van der Waals surface area contributed by atoms with E-state index in [4.69, 9.17) is 11.6 Å². The largest absolute Gasteiger partial charge is 0.392 e. The second-order valence-corrected chi connectivity index (χ2v) is 5.65. The normalized spacial score (nSPS) is 13.4. The molecule has 1 unspecified atom stereocenters. The molecule has 0 saturated heterocycles. The average molecular weight is 276 g/mol. The van der Waals surface area contributed by atoms with Crippen molar-refractivity contribution in [2.24, 2.45) is 5.41 Å². The van der Waals surface area contributed by atoms with Gasteiger partial charge in [-0.3, -0.25) is 10.1 Å². The fourth-order valence-electron chi connectivity index (χ4n) is 1.43. The summed E-state index contributed by atoms with van der Waals surface area (Å²) in [6.45, 7) is 5.40. The molecule has 0 heterocycles. The quantitative estimate of drug-likeness (QED) is 0.680. The molecule has 4 nitrogen and oxygen atoms in total. The molecule has 0 bridgehead atoms. The first-order chi connectivity index (χ1) is 8.12. The molecule has 0 amide bonds. The van der Waals surface area contributed by atoms with E-state index < -0.39 is 22.3 Å². The van der Waals surface area contributed by atoms with Gasteiger partial charge in [-0.1, -0.05) is 32.4 Å². The van der Waals surface area contributed by atoms with Crippen molar-refractivity contribution in [2.45, 2.75) is 33.3 Å². The third kappa shape index (κ3) is 3.40. The van der Waals surface area contributed by atoms with E-state index in [1.807, 2.05) is 0 Å². The predicted octanol–water partition coefficient (Wildman–Crippen LogP) is 3.34. The highest BCUT2D eigenvalue weighted by Crippen LogP contribution is 2.30. The van der Waals surface area contributed by atoms with Crippen LogP contribution < -0.4 is 0 Å². The summed E-state index contributed by atoms with van der Waals surface area (Å²) in [5.74, 6) is -0.724. The molecule has 1 aromatic rings. The van der Waals surface area contributed by atoms with Crippen molar-refractivity contribution in [1.82, 2.24) is 0 Å². The van der Waals surface area contributed by atoms with Crippen LogP contribution in [-0.4, -0.2) is 16.1 Å². The highest BCUT2D eigenvalue weighted by molar-refractivity contribution is 6.31. The third-order valence-electron chi connectivity index (χ3n) is 2.73. The smallest absolute Gasteiger partial charge is 0.274 e. The maximum atomic E-state index is 13.3. The van der Waals surface area contributed by atoms with Gasteiger partial charge < -0.3 is 5.11 Å². The Labute approximate surface area is 110 Å². The van der Waals surface area contributed by atoms with Gasteiger partial charge in [0.1, 0.15) is 5.82 Å². The van der Waals surface area contributed by atoms with E-state index in [2.05, 4.69) is 0 Å². The summed E-state index contributed by atoms with van der Waals surface area (Å²) in [5, 5.41) is 20.5. The first kappa shape index (κ1) is 14.9. The molecular formula is C12H15ClFNO3. The zero-order valence-electron chi connectivity index (χ0n) is 10.4. The summed E-state index contributed by atoms with van der Waals surface area (Å²) in [7, 11) is 0. The number of aliphatic hydroxyl groups excluding tert-OH is 1. The van der Waals surface area contributed by atoms with Crippen LogP contribution in [0.1, 0.15) is 26.3 Å². The number of rotatable bonds is 3. The monoisotopic (exact) mass is 275 g/mol. The first-order valence-corrected chi connectivity index (χ1v) is 5.81. The topological polar surface area (TPSA) is 63.4 Å². The van der Waals surface area contributed by atoms with Crippen molar-refractivity contribution in [3.8, 4) is 0 Å². The number of hydrogen-bond acceptors (Lipinski definition) is 3. The van der Waals surface area contributed by atoms with E-state index in [-0.39, 0.29) is 22.7 Å². The minimum Gasteiger partial charge on any atom is -0.392 e. The molecule has 0 aliphatic rings. The van der Waals surface area contributed by atoms with Crippen molar-refractivity contribution in [2.75, 3.05) is 0 Å². The lowest BCUT2D eigenvalue weighted by atomic mass is 9.85. The van der Waals surface area contributed by atoms with E-state index in [9.17, 15) is 19.6 Å². The molecule has 0 fully saturated rings. The maximum absolute atomic E-state index is 13.3. The Hall–Kier alpha value is -1.20. The number of aliphatic hydroxyl groups is 1. The first-order valence-electron chi connectivity index (χ1n) is 5.43. The Morgan fingerprint density at radius 2 is 2.06 bits per heavy atom. The van der Waals surface area contributed by atoms with Crippen LogP contribution in [0.4, 0.5) is 10.1 Å². The van der Waals surface area contributed by atoms with Crippen LogP contribution in [0, 0.1) is 21.3 Å². The molecule has 1 N–H and O–H groups in total. The summed E-state index contributed by atoms with van der Waals surface area (Å²) in [5.41, 5.74) is -0.571. The van der Waals surface area contributed by atoms with Crippen LogP contribution in [0.2, 0.25) is 5.02 Å². The Bertz CT molecular complexity index is 471. The highest BCUT2D eigenvalue weighted by Gasteiger charge is 2.26. The lowest BCUT2D eigenvalue weighted by Gasteiger charge is -2.25. The SMILES string of the molecule is CC(C)(C)C(O)Cc1cc(F)c(Cl)cc1[N+](=O)[O-]. The summed E-state index contributed by atoms with van der Waals surface area (Å²) in [4.78, 5) is 10.2. The van der Waals surface area contributed by atoms with Gasteiger partial charge in [0.25, 0.3) is 5.69 Å². The van der Waals surface area contributed by atoms with Crippen molar-refractivity contribution in [1.29, 1.82) is 0 Å². The van der Waals surface area contributed by atoms with Gasteiger partial charge in [0, 0.05) is 18.1 Å². The maximum Gasteiger partial charge on any atom is 0.274 e. The second kappa shape index (κ2) is 5.20. The number of nitro benzene ring substituents is 1. The number of benzene rings is 1. The molecule has 6 heteroatoms. The second-order valence-electron chi connectivity index (χ2n) is 5.24. The summed E-state index contributed by atoms with van der Waals surface area (Å²) >= 11 is 5.51. The highest BCUT2D eigenvalue weighted by atomic mass is 35.5. The Morgan fingerprint density at radius 1 is 1.50 bits per heavy atom. The van der Waals surface area contributed by atoms with Crippen LogP contribution in [0.25, 0.3) is 0 Å². The number of halogens is 2. The van der Waals surface area contributed by atoms with Crippen LogP contribution in [0.3, 0.4) is 0 Å². The number of hydrogen-bond donors (Lipinski definition) is 1. The van der Waals surface area contributed by atoms with Gasteiger partial charge in [-0.2, -0.15) is 0 Å². The van der Waals surface area contributed by atoms with Crippen LogP contribution >= 0.6 is 11.6 Å². The molecule has 0 saturated carbocycles. The molecular weight excluding hydrogens is 261 g/mol. The van der Waals surface area contributed by atoms with Crippen LogP contribution in [0.5, 0.6) is 0 Å². The summed E-state index contributed by atoms with van der Waals surface area (Å²) in [6, 6.07) is 1.98. The molecule has 0 aliphatic carbocycles. The van der Waals surface area contributed by atoms with E-state index in [1.165, 1.54) is 0 Å².